The lowest BCUT2D eigenvalue weighted by Crippen LogP contribution is -2.37. The van der Waals surface area contributed by atoms with Crippen LogP contribution in [0.5, 0.6) is 0 Å². The van der Waals surface area contributed by atoms with Crippen molar-refractivity contribution in [3.8, 4) is 0 Å². The number of Topliss-reactive ketones (excluding diaryl/α,β-unsaturated/α-hetero) is 1. The van der Waals surface area contributed by atoms with E-state index in [2.05, 4.69) is 15.4 Å². The minimum atomic E-state index is -0.650. The number of hydrogen-bond acceptors (Lipinski definition) is 6. The molecule has 124 valence electrons. The normalized spacial score (nSPS) is 19.1. The van der Waals surface area contributed by atoms with Crippen LogP contribution in [0, 0.1) is 10.1 Å². The standard InChI is InChI=1S/C17H13N5O3/c23-16-14(11-6-8-13(9-7-11)22(24)25)20-17-18-10-19-21(17)15(16)12-4-2-1-3-5-12/h1-10,14-15H,(H,18,19,20). The van der Waals surface area contributed by atoms with E-state index in [1.807, 2.05) is 30.3 Å². The Labute approximate surface area is 142 Å². The van der Waals surface area contributed by atoms with Gasteiger partial charge >= 0.3 is 0 Å². The summed E-state index contributed by atoms with van der Waals surface area (Å²) in [5, 5.41) is 18.0. The van der Waals surface area contributed by atoms with Gasteiger partial charge in [-0.05, 0) is 23.3 Å². The monoisotopic (exact) mass is 335 g/mol. The Bertz CT molecular complexity index is 936. The molecule has 0 amide bonds. The summed E-state index contributed by atoms with van der Waals surface area (Å²) in [4.78, 5) is 27.6. The maximum atomic E-state index is 13.1. The zero-order valence-corrected chi connectivity index (χ0v) is 12.9. The van der Waals surface area contributed by atoms with Crippen LogP contribution in [0.25, 0.3) is 0 Å². The largest absolute Gasteiger partial charge is 0.340 e. The molecule has 4 rings (SSSR count). The maximum Gasteiger partial charge on any atom is 0.269 e. The van der Waals surface area contributed by atoms with Gasteiger partial charge in [0.1, 0.15) is 18.4 Å². The van der Waals surface area contributed by atoms with Gasteiger partial charge < -0.3 is 5.32 Å². The van der Waals surface area contributed by atoms with E-state index in [9.17, 15) is 14.9 Å². The van der Waals surface area contributed by atoms with E-state index in [4.69, 9.17) is 0 Å². The molecule has 0 spiro atoms. The number of nitro groups is 1. The number of carbonyl (C=O) groups is 1. The Kier molecular flexibility index (Phi) is 3.50. The van der Waals surface area contributed by atoms with Gasteiger partial charge in [0.25, 0.3) is 5.69 Å². The molecule has 1 N–H and O–H groups in total. The average molecular weight is 335 g/mol. The zero-order chi connectivity index (χ0) is 17.4. The quantitative estimate of drug-likeness (QED) is 0.583. The lowest BCUT2D eigenvalue weighted by Gasteiger charge is -2.30. The highest BCUT2D eigenvalue weighted by molar-refractivity contribution is 5.95. The van der Waals surface area contributed by atoms with Crippen LogP contribution in [-0.4, -0.2) is 25.5 Å². The minimum Gasteiger partial charge on any atom is -0.340 e. The summed E-state index contributed by atoms with van der Waals surface area (Å²) in [5.41, 5.74) is 1.44. The highest BCUT2D eigenvalue weighted by atomic mass is 16.6. The number of ketones is 1. The van der Waals surface area contributed by atoms with E-state index in [-0.39, 0.29) is 11.5 Å². The summed E-state index contributed by atoms with van der Waals surface area (Å²) < 4.78 is 1.56. The molecule has 1 aromatic heterocycles. The van der Waals surface area contributed by atoms with Crippen molar-refractivity contribution in [1.82, 2.24) is 14.8 Å². The fraction of sp³-hybridized carbons (Fsp3) is 0.118. The van der Waals surface area contributed by atoms with E-state index in [1.165, 1.54) is 18.5 Å². The third kappa shape index (κ3) is 2.53. The van der Waals surface area contributed by atoms with Crippen LogP contribution in [0.3, 0.4) is 0 Å². The zero-order valence-electron chi connectivity index (χ0n) is 12.9. The van der Waals surface area contributed by atoms with E-state index in [1.54, 1.807) is 16.8 Å². The van der Waals surface area contributed by atoms with Crippen molar-refractivity contribution in [2.24, 2.45) is 0 Å². The molecule has 3 aromatic rings. The van der Waals surface area contributed by atoms with Gasteiger partial charge in [0, 0.05) is 12.1 Å². The van der Waals surface area contributed by atoms with Crippen molar-refractivity contribution in [3.05, 3.63) is 82.2 Å². The van der Waals surface area contributed by atoms with Gasteiger partial charge in [-0.3, -0.25) is 14.9 Å². The van der Waals surface area contributed by atoms with Crippen molar-refractivity contribution in [1.29, 1.82) is 0 Å². The number of nitro benzene ring substituents is 1. The number of hydrogen-bond donors (Lipinski definition) is 1. The van der Waals surface area contributed by atoms with Crippen molar-refractivity contribution in [3.63, 3.8) is 0 Å². The molecular weight excluding hydrogens is 322 g/mol. The van der Waals surface area contributed by atoms with Crippen LogP contribution in [0.15, 0.2) is 60.9 Å². The summed E-state index contributed by atoms with van der Waals surface area (Å²) in [6.07, 6.45) is 1.39. The van der Waals surface area contributed by atoms with Crippen molar-refractivity contribution >= 4 is 17.4 Å². The Balaban J connectivity index is 1.76. The number of non-ortho nitro benzene ring substituents is 1. The van der Waals surface area contributed by atoms with Crippen molar-refractivity contribution in [2.75, 3.05) is 5.32 Å². The number of carbonyl (C=O) groups excluding carboxylic acids is 1. The first-order chi connectivity index (χ1) is 12.1. The number of rotatable bonds is 3. The van der Waals surface area contributed by atoms with Crippen LogP contribution in [-0.2, 0) is 4.79 Å². The summed E-state index contributed by atoms with van der Waals surface area (Å²) >= 11 is 0. The average Bonchev–Trinajstić information content (AvgIpc) is 3.10. The van der Waals surface area contributed by atoms with E-state index < -0.39 is 17.0 Å². The second-order valence-corrected chi connectivity index (χ2v) is 5.67. The van der Waals surface area contributed by atoms with E-state index >= 15 is 0 Å². The predicted molar refractivity (Wildman–Crippen MR) is 89.1 cm³/mol. The van der Waals surface area contributed by atoms with Crippen molar-refractivity contribution in [2.45, 2.75) is 12.1 Å². The van der Waals surface area contributed by atoms with Gasteiger partial charge in [0.15, 0.2) is 5.78 Å². The summed E-state index contributed by atoms with van der Waals surface area (Å²) in [6.45, 7) is 0. The number of benzene rings is 2. The first-order valence-corrected chi connectivity index (χ1v) is 7.64. The van der Waals surface area contributed by atoms with Crippen LogP contribution in [0.2, 0.25) is 0 Å². The SMILES string of the molecule is O=C1C(c2ccc([N+](=O)[O-])cc2)Nc2ncnn2C1c1ccccc1. The Morgan fingerprint density at radius 2 is 1.76 bits per heavy atom. The van der Waals surface area contributed by atoms with Crippen LogP contribution in [0.1, 0.15) is 23.2 Å². The molecular formula is C17H13N5O3. The smallest absolute Gasteiger partial charge is 0.269 e. The number of anilines is 1. The Morgan fingerprint density at radius 3 is 2.44 bits per heavy atom. The lowest BCUT2D eigenvalue weighted by atomic mass is 9.92. The summed E-state index contributed by atoms with van der Waals surface area (Å²) in [6, 6.07) is 14.0. The maximum absolute atomic E-state index is 13.1. The fourth-order valence-electron chi connectivity index (χ4n) is 3.00. The minimum absolute atomic E-state index is 0.0187. The van der Waals surface area contributed by atoms with Crippen LogP contribution in [0.4, 0.5) is 11.6 Å². The second kappa shape index (κ2) is 5.82. The molecule has 25 heavy (non-hydrogen) atoms. The molecule has 2 heterocycles. The van der Waals surface area contributed by atoms with Gasteiger partial charge in [-0.1, -0.05) is 30.3 Å². The number of aromatic nitrogens is 3. The van der Waals surface area contributed by atoms with E-state index in [0.29, 0.717) is 11.5 Å². The predicted octanol–water partition coefficient (Wildman–Crippen LogP) is 2.51. The van der Waals surface area contributed by atoms with Crippen LogP contribution >= 0.6 is 0 Å². The molecule has 8 nitrogen and oxygen atoms in total. The number of fused-ring (bicyclic) bond motifs is 1. The molecule has 2 aromatic carbocycles. The van der Waals surface area contributed by atoms with Gasteiger partial charge in [-0.15, -0.1) is 0 Å². The molecule has 8 heteroatoms. The molecule has 2 atom stereocenters. The molecule has 0 bridgehead atoms. The topological polar surface area (TPSA) is 103 Å². The fourth-order valence-corrected chi connectivity index (χ4v) is 3.00. The molecule has 0 radical (unpaired) electrons. The highest BCUT2D eigenvalue weighted by Gasteiger charge is 2.38. The Hall–Kier alpha value is -3.55. The third-order valence-corrected chi connectivity index (χ3v) is 4.20. The Morgan fingerprint density at radius 1 is 1.04 bits per heavy atom. The highest BCUT2D eigenvalue weighted by Crippen LogP contribution is 2.34. The lowest BCUT2D eigenvalue weighted by molar-refractivity contribution is -0.384. The first-order valence-electron chi connectivity index (χ1n) is 7.64. The first kappa shape index (κ1) is 15.0. The van der Waals surface area contributed by atoms with Gasteiger partial charge in [0.05, 0.1) is 4.92 Å². The van der Waals surface area contributed by atoms with E-state index in [0.717, 1.165) is 5.56 Å². The van der Waals surface area contributed by atoms with Gasteiger partial charge in [0.2, 0.25) is 5.95 Å². The summed E-state index contributed by atoms with van der Waals surface area (Å²) in [5.74, 6) is 0.384. The van der Waals surface area contributed by atoms with Gasteiger partial charge in [-0.2, -0.15) is 10.1 Å². The summed E-state index contributed by atoms with van der Waals surface area (Å²) in [7, 11) is 0. The number of nitrogens with one attached hydrogen (secondary N) is 1. The second-order valence-electron chi connectivity index (χ2n) is 5.67. The molecule has 2 unspecified atom stereocenters. The third-order valence-electron chi connectivity index (χ3n) is 4.20. The molecule has 0 saturated heterocycles. The molecule has 0 aliphatic carbocycles. The molecule has 1 aliphatic rings. The number of nitrogens with zero attached hydrogens (tertiary/aromatic N) is 4. The van der Waals surface area contributed by atoms with Crippen LogP contribution < -0.4 is 5.32 Å². The molecule has 0 fully saturated rings. The molecule has 1 aliphatic heterocycles. The molecule has 0 saturated carbocycles. The van der Waals surface area contributed by atoms with Crippen molar-refractivity contribution < 1.29 is 9.72 Å². The van der Waals surface area contributed by atoms with Gasteiger partial charge in [-0.25, -0.2) is 4.68 Å².